The number of benzene rings is 2. The van der Waals surface area contributed by atoms with Crippen LogP contribution in [-0.4, -0.2) is 27.4 Å². The normalized spacial score (nSPS) is 10.9. The van der Waals surface area contributed by atoms with Crippen LogP contribution in [0.25, 0.3) is 0 Å². The maximum Gasteiger partial charge on any atom is 0.255 e. The summed E-state index contributed by atoms with van der Waals surface area (Å²) in [4.78, 5) is 27.3. The van der Waals surface area contributed by atoms with Gasteiger partial charge in [-0.2, -0.15) is 0 Å². The van der Waals surface area contributed by atoms with E-state index in [-0.39, 0.29) is 5.91 Å². The summed E-state index contributed by atoms with van der Waals surface area (Å²) in [6.07, 6.45) is 12.0. The summed E-state index contributed by atoms with van der Waals surface area (Å²) in [5, 5.41) is 3.17. The molecule has 198 valence electrons. The molecule has 0 spiro atoms. The number of hydrogen-bond acceptors (Lipinski definition) is 5. The van der Waals surface area contributed by atoms with E-state index in [9.17, 15) is 4.79 Å². The van der Waals surface area contributed by atoms with Crippen molar-refractivity contribution in [2.24, 2.45) is 5.73 Å². The van der Waals surface area contributed by atoms with E-state index in [1.807, 2.05) is 48.8 Å². The van der Waals surface area contributed by atoms with Crippen molar-refractivity contribution in [3.63, 3.8) is 0 Å². The first kappa shape index (κ1) is 27.1. The first-order valence-electron chi connectivity index (χ1n) is 13.5. The third-order valence-corrected chi connectivity index (χ3v) is 6.77. The molecule has 0 unspecified atom stereocenters. The number of imidazole rings is 1. The molecule has 7 heteroatoms. The van der Waals surface area contributed by atoms with Gasteiger partial charge in [0.1, 0.15) is 5.82 Å². The van der Waals surface area contributed by atoms with Crippen molar-refractivity contribution in [1.29, 1.82) is 0 Å². The first-order valence-corrected chi connectivity index (χ1v) is 13.5. The van der Waals surface area contributed by atoms with Gasteiger partial charge in [-0.15, -0.1) is 0 Å². The smallest absolute Gasteiger partial charge is 0.255 e. The minimum Gasteiger partial charge on any atom is -0.366 e. The summed E-state index contributed by atoms with van der Waals surface area (Å²) in [5.74, 6) is 0.855. The number of amides is 1. The molecule has 2 heterocycles. The maximum atomic E-state index is 13.2. The van der Waals surface area contributed by atoms with Crippen molar-refractivity contribution in [2.45, 2.75) is 59.0 Å². The molecular weight excluding hydrogens is 472 g/mol. The lowest BCUT2D eigenvalue weighted by Gasteiger charge is -2.24. The van der Waals surface area contributed by atoms with Crippen LogP contribution in [0.2, 0.25) is 0 Å². The van der Waals surface area contributed by atoms with Crippen molar-refractivity contribution in [3.05, 3.63) is 107 Å². The topological polar surface area (TPSA) is 99.9 Å². The predicted molar refractivity (Wildman–Crippen MR) is 154 cm³/mol. The molecule has 7 nitrogen and oxygen atoms in total. The Hall–Kier alpha value is -3.97. The minimum absolute atomic E-state index is 0.0983. The zero-order valence-corrected chi connectivity index (χ0v) is 22.4. The van der Waals surface area contributed by atoms with Gasteiger partial charge in [-0.3, -0.25) is 9.78 Å². The van der Waals surface area contributed by atoms with Gasteiger partial charge in [-0.1, -0.05) is 44.9 Å². The fourth-order valence-electron chi connectivity index (χ4n) is 4.84. The molecule has 2 aromatic carbocycles. The highest BCUT2D eigenvalue weighted by molar-refractivity contribution is 6.04. The molecule has 0 aliphatic carbocycles. The number of pyridine rings is 1. The third kappa shape index (κ3) is 6.86. The lowest BCUT2D eigenvalue weighted by molar-refractivity contribution is 0.102. The fourth-order valence-corrected chi connectivity index (χ4v) is 4.84. The molecule has 0 atom stereocenters. The Bertz CT molecular complexity index is 1290. The number of rotatable bonds is 13. The van der Waals surface area contributed by atoms with Crippen LogP contribution in [-0.2, 0) is 32.4 Å². The second kappa shape index (κ2) is 13.5. The predicted octanol–water partition coefficient (Wildman–Crippen LogP) is 5.67. The van der Waals surface area contributed by atoms with E-state index in [4.69, 9.17) is 5.73 Å². The summed E-state index contributed by atoms with van der Waals surface area (Å²) >= 11 is 0. The van der Waals surface area contributed by atoms with Gasteiger partial charge in [-0.05, 0) is 65.4 Å². The van der Waals surface area contributed by atoms with Crippen LogP contribution in [0.1, 0.15) is 65.1 Å². The summed E-state index contributed by atoms with van der Waals surface area (Å²) in [7, 11) is 0. The van der Waals surface area contributed by atoms with Gasteiger partial charge >= 0.3 is 0 Å². The largest absolute Gasteiger partial charge is 0.366 e. The zero-order valence-electron chi connectivity index (χ0n) is 22.4. The molecule has 4 aromatic rings. The number of hydrogen-bond donors (Lipinski definition) is 3. The van der Waals surface area contributed by atoms with Crippen LogP contribution in [0.3, 0.4) is 0 Å². The van der Waals surface area contributed by atoms with Crippen LogP contribution in [0.15, 0.2) is 73.3 Å². The molecule has 38 heavy (non-hydrogen) atoms. The Labute approximate surface area is 225 Å². The van der Waals surface area contributed by atoms with Crippen molar-refractivity contribution >= 4 is 17.3 Å². The second-order valence-corrected chi connectivity index (χ2v) is 9.50. The van der Waals surface area contributed by atoms with Crippen LogP contribution in [0.5, 0.6) is 0 Å². The average Bonchev–Trinajstić information content (AvgIpc) is 3.47. The molecule has 0 saturated carbocycles. The zero-order chi connectivity index (χ0) is 26.7. The van der Waals surface area contributed by atoms with Crippen LogP contribution in [0, 0.1) is 0 Å². The SMILES string of the molecule is CCCc1c(CN)ccc(NC(=O)c2ccc(CN(CCc3ncc[nH]3)c3cccnc3)cc2)c1CCC. The van der Waals surface area contributed by atoms with Gasteiger partial charge in [0.2, 0.25) is 0 Å². The number of nitrogens with zero attached hydrogens (tertiary/aromatic N) is 3. The van der Waals surface area contributed by atoms with Gasteiger partial charge in [-0.25, -0.2) is 4.98 Å². The molecule has 0 bridgehead atoms. The average molecular weight is 511 g/mol. The van der Waals surface area contributed by atoms with E-state index < -0.39 is 0 Å². The van der Waals surface area contributed by atoms with Gasteiger partial charge in [0.15, 0.2) is 0 Å². The van der Waals surface area contributed by atoms with Crippen LogP contribution < -0.4 is 16.0 Å². The maximum absolute atomic E-state index is 13.2. The van der Waals surface area contributed by atoms with Crippen molar-refractivity contribution in [1.82, 2.24) is 15.0 Å². The summed E-state index contributed by atoms with van der Waals surface area (Å²) in [6, 6.07) is 15.9. The highest BCUT2D eigenvalue weighted by Crippen LogP contribution is 2.27. The third-order valence-electron chi connectivity index (χ3n) is 6.77. The molecule has 0 aliphatic rings. The minimum atomic E-state index is -0.0983. The van der Waals surface area contributed by atoms with Crippen molar-refractivity contribution < 1.29 is 4.79 Å². The van der Waals surface area contributed by atoms with E-state index in [2.05, 4.69) is 51.1 Å². The molecule has 0 saturated heterocycles. The Morgan fingerprint density at radius 1 is 0.974 bits per heavy atom. The molecule has 0 fully saturated rings. The van der Waals surface area contributed by atoms with Crippen molar-refractivity contribution in [3.8, 4) is 0 Å². The van der Waals surface area contributed by atoms with E-state index >= 15 is 0 Å². The highest BCUT2D eigenvalue weighted by atomic mass is 16.1. The summed E-state index contributed by atoms with van der Waals surface area (Å²) < 4.78 is 0. The lowest BCUT2D eigenvalue weighted by Crippen LogP contribution is -2.25. The van der Waals surface area contributed by atoms with E-state index in [1.165, 1.54) is 16.7 Å². The number of carbonyl (C=O) groups excluding carboxylic acids is 1. The van der Waals surface area contributed by atoms with Gasteiger partial charge in [0, 0.05) is 55.9 Å². The Morgan fingerprint density at radius 3 is 2.42 bits per heavy atom. The summed E-state index contributed by atoms with van der Waals surface area (Å²) in [6.45, 7) is 6.35. The van der Waals surface area contributed by atoms with Gasteiger partial charge < -0.3 is 20.9 Å². The Morgan fingerprint density at radius 2 is 1.76 bits per heavy atom. The molecule has 0 aliphatic heterocycles. The molecule has 0 radical (unpaired) electrons. The first-order chi connectivity index (χ1) is 18.6. The number of H-pyrrole nitrogens is 1. The second-order valence-electron chi connectivity index (χ2n) is 9.50. The molecular formula is C31H38N6O. The standard InChI is InChI=1S/C31H38N6O/c1-3-6-27-25(20-32)13-14-29(28(27)7-4-2)36-31(38)24-11-9-23(10-12-24)22-37(26-8-5-16-33-21-26)19-15-30-34-17-18-35-30/h5,8-14,16-18,21H,3-4,6-7,15,19-20,22,32H2,1-2H3,(H,34,35)(H,36,38). The van der Waals surface area contributed by atoms with E-state index in [1.54, 1.807) is 12.4 Å². The number of anilines is 2. The Kier molecular flexibility index (Phi) is 9.65. The molecule has 4 N–H and O–H groups in total. The fraction of sp³-hybridized carbons (Fsp3) is 0.323. The quantitative estimate of drug-likeness (QED) is 0.215. The molecule has 1 amide bonds. The van der Waals surface area contributed by atoms with Crippen molar-refractivity contribution in [2.75, 3.05) is 16.8 Å². The molecule has 4 rings (SSSR count). The van der Waals surface area contributed by atoms with Gasteiger partial charge in [0.05, 0.1) is 11.9 Å². The monoisotopic (exact) mass is 510 g/mol. The number of carbonyl (C=O) groups is 1. The number of aromatic amines is 1. The lowest BCUT2D eigenvalue weighted by atomic mass is 9.92. The number of nitrogens with one attached hydrogen (secondary N) is 2. The molecule has 2 aromatic heterocycles. The number of aromatic nitrogens is 3. The van der Waals surface area contributed by atoms with E-state index in [0.717, 1.165) is 61.4 Å². The number of nitrogens with two attached hydrogens (primary N) is 1. The van der Waals surface area contributed by atoms with E-state index in [0.29, 0.717) is 18.7 Å². The van der Waals surface area contributed by atoms with Crippen LogP contribution >= 0.6 is 0 Å². The Balaban J connectivity index is 1.48. The summed E-state index contributed by atoms with van der Waals surface area (Å²) in [5.41, 5.74) is 13.4. The highest BCUT2D eigenvalue weighted by Gasteiger charge is 2.15. The van der Waals surface area contributed by atoms with Crippen LogP contribution in [0.4, 0.5) is 11.4 Å². The van der Waals surface area contributed by atoms with Gasteiger partial charge in [0.25, 0.3) is 5.91 Å².